The quantitative estimate of drug-likeness (QED) is 0.127. The molecule has 1 aliphatic rings. The first kappa shape index (κ1) is 33.7. The molecule has 0 bridgehead atoms. The van der Waals surface area contributed by atoms with Crippen LogP contribution in [0.4, 0.5) is 5.82 Å². The minimum absolute atomic E-state index is 0.114. The summed E-state index contributed by atoms with van der Waals surface area (Å²) in [7, 11) is 0. The molecule has 3 unspecified atom stereocenters. The lowest BCUT2D eigenvalue weighted by atomic mass is 9.83. The third-order valence-electron chi connectivity index (χ3n) is 9.02. The van der Waals surface area contributed by atoms with Crippen molar-refractivity contribution in [3.05, 3.63) is 64.8 Å². The first-order valence-corrected chi connectivity index (χ1v) is 16.1. The number of halogens is 1. The number of benzene rings is 1. The SMILES string of the molecule is C=C/C(C)=C(/C)C(C)=NCCC(CCC)CCC(C)C(C)C1=Nc2c(c(-c3ccc(Cl)cc3)cn2C(C)(C)C)C#CC1. The van der Waals surface area contributed by atoms with Crippen molar-refractivity contribution >= 4 is 28.8 Å². The van der Waals surface area contributed by atoms with E-state index in [2.05, 4.69) is 104 Å². The maximum atomic E-state index is 6.19. The van der Waals surface area contributed by atoms with Gasteiger partial charge in [0.15, 0.2) is 0 Å². The van der Waals surface area contributed by atoms with Crippen LogP contribution in [0.3, 0.4) is 0 Å². The van der Waals surface area contributed by atoms with Gasteiger partial charge in [0.25, 0.3) is 0 Å². The normalized spacial score (nSPS) is 16.3. The van der Waals surface area contributed by atoms with Crippen molar-refractivity contribution in [1.29, 1.82) is 0 Å². The Morgan fingerprint density at radius 3 is 2.40 bits per heavy atom. The average molecular weight is 586 g/mol. The van der Waals surface area contributed by atoms with E-state index in [1.807, 2.05) is 18.2 Å². The van der Waals surface area contributed by atoms with Crippen molar-refractivity contribution in [2.45, 2.75) is 106 Å². The maximum absolute atomic E-state index is 6.19. The van der Waals surface area contributed by atoms with Gasteiger partial charge < -0.3 is 4.57 Å². The maximum Gasteiger partial charge on any atom is 0.149 e. The number of fused-ring (bicyclic) bond motifs is 1. The third kappa shape index (κ3) is 8.61. The summed E-state index contributed by atoms with van der Waals surface area (Å²) in [5.41, 5.74) is 7.94. The van der Waals surface area contributed by atoms with Crippen molar-refractivity contribution in [3.63, 3.8) is 0 Å². The molecular weight excluding hydrogens is 534 g/mol. The first-order valence-electron chi connectivity index (χ1n) is 15.8. The van der Waals surface area contributed by atoms with Gasteiger partial charge in [-0.2, -0.15) is 0 Å². The zero-order chi connectivity index (χ0) is 31.0. The molecule has 0 spiro atoms. The predicted octanol–water partition coefficient (Wildman–Crippen LogP) is 11.2. The Morgan fingerprint density at radius 2 is 1.79 bits per heavy atom. The summed E-state index contributed by atoms with van der Waals surface area (Å²) in [6.45, 7) is 24.9. The lowest BCUT2D eigenvalue weighted by Gasteiger charge is -2.25. The zero-order valence-corrected chi connectivity index (χ0v) is 28.3. The van der Waals surface area contributed by atoms with Gasteiger partial charge in [0.2, 0.25) is 0 Å². The van der Waals surface area contributed by atoms with Crippen molar-refractivity contribution in [1.82, 2.24) is 4.57 Å². The standard InChI is InChI=1S/C38H52ClN3/c1-11-14-31(23-24-40-30(7)28(5)26(3)12-2)18-17-27(4)29(6)36-16-13-15-34-35(32-19-21-33(39)22-20-32)25-42(37(34)41-36)38(8,9)10/h12,19-22,25,27,29,31H,2,11,14,16-18,23-24H2,1,3-10H3/b28-26-,40-30?. The van der Waals surface area contributed by atoms with Crippen LogP contribution in [0, 0.1) is 29.6 Å². The van der Waals surface area contributed by atoms with E-state index in [4.69, 9.17) is 21.6 Å². The van der Waals surface area contributed by atoms with Gasteiger partial charge in [0.05, 0.1) is 5.56 Å². The summed E-state index contributed by atoms with van der Waals surface area (Å²) >= 11 is 6.19. The van der Waals surface area contributed by atoms with Gasteiger partial charge in [-0.15, -0.1) is 0 Å². The highest BCUT2D eigenvalue weighted by Gasteiger charge is 2.27. The number of aliphatic imine (C=N–C) groups is 2. The Bertz CT molecular complexity index is 1380. The van der Waals surface area contributed by atoms with Crippen molar-refractivity contribution in [2.75, 3.05) is 6.54 Å². The van der Waals surface area contributed by atoms with Crippen LogP contribution in [0.15, 0.2) is 64.2 Å². The molecule has 42 heavy (non-hydrogen) atoms. The van der Waals surface area contributed by atoms with Crippen LogP contribution < -0.4 is 0 Å². The Kier molecular flexibility index (Phi) is 12.1. The van der Waals surface area contributed by atoms with E-state index in [0.717, 1.165) is 46.2 Å². The highest BCUT2D eigenvalue weighted by molar-refractivity contribution is 6.30. The fourth-order valence-electron chi connectivity index (χ4n) is 5.64. The molecule has 1 aliphatic heterocycles. The molecule has 4 heteroatoms. The number of hydrogen-bond donors (Lipinski definition) is 0. The Balaban J connectivity index is 1.77. The number of rotatable bonds is 13. The van der Waals surface area contributed by atoms with Crippen LogP contribution in [-0.2, 0) is 5.54 Å². The van der Waals surface area contributed by atoms with Crippen molar-refractivity contribution < 1.29 is 0 Å². The topological polar surface area (TPSA) is 29.6 Å². The zero-order valence-electron chi connectivity index (χ0n) is 27.6. The Labute approximate surface area is 261 Å². The molecule has 3 nitrogen and oxygen atoms in total. The summed E-state index contributed by atoms with van der Waals surface area (Å²) in [6, 6.07) is 8.04. The molecule has 0 radical (unpaired) electrons. The predicted molar refractivity (Wildman–Crippen MR) is 186 cm³/mol. The van der Waals surface area contributed by atoms with Gasteiger partial charge in [-0.1, -0.05) is 88.3 Å². The van der Waals surface area contributed by atoms with Gasteiger partial charge in [0.1, 0.15) is 5.82 Å². The molecule has 2 heterocycles. The summed E-state index contributed by atoms with van der Waals surface area (Å²) in [6.07, 6.45) is 10.9. The molecule has 0 fully saturated rings. The molecule has 1 aromatic carbocycles. The highest BCUT2D eigenvalue weighted by Crippen LogP contribution is 2.39. The molecule has 0 aliphatic carbocycles. The third-order valence-corrected chi connectivity index (χ3v) is 9.27. The van der Waals surface area contributed by atoms with Crippen LogP contribution in [0.25, 0.3) is 11.1 Å². The van der Waals surface area contributed by atoms with Gasteiger partial charge in [-0.05, 0) is 101 Å². The molecule has 0 saturated heterocycles. The van der Waals surface area contributed by atoms with Crippen LogP contribution in [0.2, 0.25) is 5.02 Å². The Hall–Kier alpha value is -2.83. The van der Waals surface area contributed by atoms with Crippen molar-refractivity contribution in [2.24, 2.45) is 27.7 Å². The second-order valence-corrected chi connectivity index (χ2v) is 13.6. The Morgan fingerprint density at radius 1 is 1.10 bits per heavy atom. The molecule has 0 saturated carbocycles. The molecule has 1 aromatic heterocycles. The second-order valence-electron chi connectivity index (χ2n) is 13.1. The first-order chi connectivity index (χ1) is 19.9. The van der Waals surface area contributed by atoms with Gasteiger partial charge in [0, 0.05) is 46.7 Å². The molecule has 0 N–H and O–H groups in total. The van der Waals surface area contributed by atoms with Gasteiger partial charge in [-0.25, -0.2) is 4.99 Å². The fraction of sp³-hybridized carbons (Fsp3) is 0.526. The van der Waals surface area contributed by atoms with E-state index in [9.17, 15) is 0 Å². The van der Waals surface area contributed by atoms with Crippen LogP contribution in [0.1, 0.15) is 106 Å². The van der Waals surface area contributed by atoms with Crippen LogP contribution in [0.5, 0.6) is 0 Å². The second kappa shape index (κ2) is 15.1. The summed E-state index contributed by atoms with van der Waals surface area (Å²) in [4.78, 5) is 10.3. The summed E-state index contributed by atoms with van der Waals surface area (Å²) in [5.74, 6) is 9.56. The molecule has 2 aromatic rings. The average Bonchev–Trinajstić information content (AvgIpc) is 3.18. The van der Waals surface area contributed by atoms with E-state index in [0.29, 0.717) is 24.2 Å². The van der Waals surface area contributed by atoms with E-state index in [-0.39, 0.29) is 5.54 Å². The molecule has 226 valence electrons. The molecule has 0 amide bonds. The number of nitrogens with zero attached hydrogens (tertiary/aromatic N) is 3. The smallest absolute Gasteiger partial charge is 0.149 e. The number of allylic oxidation sites excluding steroid dienone is 3. The largest absolute Gasteiger partial charge is 0.326 e. The van der Waals surface area contributed by atoms with E-state index in [1.165, 1.54) is 42.5 Å². The fourth-order valence-corrected chi connectivity index (χ4v) is 5.77. The molecule has 3 rings (SSSR count). The minimum Gasteiger partial charge on any atom is -0.326 e. The van der Waals surface area contributed by atoms with Crippen molar-refractivity contribution in [3.8, 4) is 23.0 Å². The molecular formula is C38H52ClN3. The van der Waals surface area contributed by atoms with Gasteiger partial charge in [-0.3, -0.25) is 4.99 Å². The van der Waals surface area contributed by atoms with Crippen LogP contribution in [-0.4, -0.2) is 22.5 Å². The number of hydrogen-bond acceptors (Lipinski definition) is 2. The highest BCUT2D eigenvalue weighted by atomic mass is 35.5. The summed E-state index contributed by atoms with van der Waals surface area (Å²) < 4.78 is 2.30. The van der Waals surface area contributed by atoms with E-state index < -0.39 is 0 Å². The van der Waals surface area contributed by atoms with Gasteiger partial charge >= 0.3 is 0 Å². The summed E-state index contributed by atoms with van der Waals surface area (Å²) in [5, 5.41) is 0.740. The number of aromatic nitrogens is 1. The monoisotopic (exact) mass is 585 g/mol. The lowest BCUT2D eigenvalue weighted by molar-refractivity contribution is 0.346. The lowest BCUT2D eigenvalue weighted by Crippen LogP contribution is -2.22. The van der Waals surface area contributed by atoms with Crippen LogP contribution >= 0.6 is 11.6 Å². The molecule has 3 atom stereocenters. The van der Waals surface area contributed by atoms with E-state index >= 15 is 0 Å². The minimum atomic E-state index is -0.114. The van der Waals surface area contributed by atoms with E-state index in [1.54, 1.807) is 0 Å².